The van der Waals surface area contributed by atoms with E-state index in [4.69, 9.17) is 16.3 Å². The van der Waals surface area contributed by atoms with Crippen molar-refractivity contribution in [1.29, 1.82) is 0 Å². The van der Waals surface area contributed by atoms with Crippen LogP contribution < -0.4 is 4.74 Å². The number of ether oxygens (including phenoxy) is 1. The summed E-state index contributed by atoms with van der Waals surface area (Å²) in [7, 11) is 0. The van der Waals surface area contributed by atoms with Crippen LogP contribution in [0.2, 0.25) is 0 Å². The van der Waals surface area contributed by atoms with Gasteiger partial charge in [0.15, 0.2) is 5.82 Å². The van der Waals surface area contributed by atoms with E-state index in [0.717, 1.165) is 0 Å². The molecule has 0 saturated carbocycles. The highest BCUT2D eigenvalue weighted by Gasteiger charge is 2.04. The first kappa shape index (κ1) is 14.3. The summed E-state index contributed by atoms with van der Waals surface area (Å²) in [6.45, 7) is 0.205. The maximum Gasteiger partial charge on any atom is 0.166 e. The number of nitrogens with zero attached hydrogens (tertiary/aromatic N) is 2. The van der Waals surface area contributed by atoms with Crippen molar-refractivity contribution in [2.45, 2.75) is 13.0 Å². The number of rotatable bonds is 4. The number of benzene rings is 1. The molecule has 0 radical (unpaired) electrons. The van der Waals surface area contributed by atoms with E-state index >= 15 is 0 Å². The van der Waals surface area contributed by atoms with Crippen molar-refractivity contribution in [3.63, 3.8) is 0 Å². The van der Waals surface area contributed by atoms with Crippen LogP contribution in [0.1, 0.15) is 17.8 Å². The fraction of sp³-hybridized carbons (Fsp3) is 0.200. The van der Waals surface area contributed by atoms with Crippen molar-refractivity contribution in [2.24, 2.45) is 0 Å². The van der Waals surface area contributed by atoms with E-state index in [1.165, 1.54) is 12.1 Å². The van der Waals surface area contributed by atoms with E-state index in [9.17, 15) is 4.39 Å². The zero-order valence-electron chi connectivity index (χ0n) is 10.6. The highest BCUT2D eigenvalue weighted by molar-refractivity contribution is 6.18. The summed E-state index contributed by atoms with van der Waals surface area (Å²) < 4.78 is 18.8. The maximum absolute atomic E-state index is 13.2. The van der Waals surface area contributed by atoms with Gasteiger partial charge in [-0.25, -0.2) is 14.4 Å². The van der Waals surface area contributed by atoms with Crippen LogP contribution in [0.3, 0.4) is 0 Å². The molecule has 2 aromatic rings. The van der Waals surface area contributed by atoms with Gasteiger partial charge in [-0.1, -0.05) is 11.8 Å². The van der Waals surface area contributed by atoms with Gasteiger partial charge in [0.05, 0.1) is 5.56 Å². The van der Waals surface area contributed by atoms with Gasteiger partial charge in [0.25, 0.3) is 0 Å². The number of halogens is 2. The molecule has 0 saturated heterocycles. The van der Waals surface area contributed by atoms with E-state index in [1.54, 1.807) is 24.5 Å². The van der Waals surface area contributed by atoms with Gasteiger partial charge >= 0.3 is 0 Å². The minimum absolute atomic E-state index is 0.205. The van der Waals surface area contributed by atoms with Gasteiger partial charge in [0.1, 0.15) is 18.2 Å². The lowest BCUT2D eigenvalue weighted by atomic mass is 10.2. The predicted octanol–water partition coefficient (Wildman–Crippen LogP) is 3.18. The van der Waals surface area contributed by atoms with Crippen LogP contribution in [0.4, 0.5) is 4.39 Å². The Labute approximate surface area is 121 Å². The van der Waals surface area contributed by atoms with Gasteiger partial charge in [-0.05, 0) is 24.3 Å². The van der Waals surface area contributed by atoms with Crippen LogP contribution in [0.15, 0.2) is 36.7 Å². The molecule has 0 spiro atoms. The molecule has 0 bridgehead atoms. The Hall–Kier alpha value is -2.12. The minimum atomic E-state index is -0.358. The second-order valence-electron chi connectivity index (χ2n) is 3.83. The van der Waals surface area contributed by atoms with Crippen LogP contribution in [-0.4, -0.2) is 15.8 Å². The van der Waals surface area contributed by atoms with Crippen molar-refractivity contribution in [1.82, 2.24) is 9.97 Å². The smallest absolute Gasteiger partial charge is 0.166 e. The highest BCUT2D eigenvalue weighted by atomic mass is 35.5. The average molecular weight is 291 g/mol. The van der Waals surface area contributed by atoms with E-state index in [1.807, 2.05) is 0 Å². The topological polar surface area (TPSA) is 35.0 Å². The number of hydrogen-bond donors (Lipinski definition) is 0. The summed E-state index contributed by atoms with van der Waals surface area (Å²) in [6.07, 6.45) is 3.81. The molecular weight excluding hydrogens is 279 g/mol. The second kappa shape index (κ2) is 7.46. The molecule has 5 heteroatoms. The van der Waals surface area contributed by atoms with Crippen LogP contribution in [0, 0.1) is 17.7 Å². The first-order valence-electron chi connectivity index (χ1n) is 6.02. The van der Waals surface area contributed by atoms with Crippen molar-refractivity contribution in [3.05, 3.63) is 53.9 Å². The second-order valence-corrected chi connectivity index (χ2v) is 4.21. The standard InChI is InChI=1S/C15H12ClFN2O/c16-7-2-1-4-12-10-13(17)5-6-14(12)20-11-15-18-8-3-9-19-15/h3,5-6,8-10H,2,7,11H2. The minimum Gasteiger partial charge on any atom is -0.484 e. The summed E-state index contributed by atoms with van der Waals surface area (Å²) in [5.41, 5.74) is 0.492. The maximum atomic E-state index is 13.2. The molecule has 0 atom stereocenters. The van der Waals surface area contributed by atoms with E-state index < -0.39 is 0 Å². The van der Waals surface area contributed by atoms with E-state index in [0.29, 0.717) is 29.4 Å². The number of aromatic nitrogens is 2. The number of alkyl halides is 1. The molecule has 0 aliphatic carbocycles. The molecular formula is C15H12ClFN2O. The van der Waals surface area contributed by atoms with Gasteiger partial charge < -0.3 is 4.74 Å². The zero-order valence-corrected chi connectivity index (χ0v) is 11.4. The Morgan fingerprint density at radius 1 is 1.25 bits per heavy atom. The average Bonchev–Trinajstić information content (AvgIpc) is 2.48. The Bertz CT molecular complexity index is 623. The lowest BCUT2D eigenvalue weighted by Crippen LogP contribution is -2.01. The van der Waals surface area contributed by atoms with Gasteiger partial charge in [-0.15, -0.1) is 11.6 Å². The molecule has 0 N–H and O–H groups in total. The molecule has 20 heavy (non-hydrogen) atoms. The first-order valence-corrected chi connectivity index (χ1v) is 6.56. The molecule has 0 aliphatic rings. The lowest BCUT2D eigenvalue weighted by Gasteiger charge is -2.07. The summed E-state index contributed by atoms with van der Waals surface area (Å²) in [4.78, 5) is 8.11. The van der Waals surface area contributed by atoms with Crippen molar-refractivity contribution in [2.75, 3.05) is 5.88 Å². The molecule has 0 unspecified atom stereocenters. The first-order chi connectivity index (χ1) is 9.79. The zero-order chi connectivity index (χ0) is 14.2. The normalized spacial score (nSPS) is 9.70. The Balaban J connectivity index is 2.13. The molecule has 2 rings (SSSR count). The van der Waals surface area contributed by atoms with Gasteiger partial charge in [-0.2, -0.15) is 0 Å². The highest BCUT2D eigenvalue weighted by Crippen LogP contribution is 2.19. The van der Waals surface area contributed by atoms with Crippen LogP contribution >= 0.6 is 11.6 Å². The van der Waals surface area contributed by atoms with Crippen molar-refractivity contribution >= 4 is 11.6 Å². The number of hydrogen-bond acceptors (Lipinski definition) is 3. The third-order valence-electron chi connectivity index (χ3n) is 2.36. The summed E-state index contributed by atoms with van der Waals surface area (Å²) in [5.74, 6) is 6.84. The van der Waals surface area contributed by atoms with Gasteiger partial charge in [0.2, 0.25) is 0 Å². The van der Waals surface area contributed by atoms with Crippen molar-refractivity contribution in [3.8, 4) is 17.6 Å². The molecule has 3 nitrogen and oxygen atoms in total. The van der Waals surface area contributed by atoms with Crippen LogP contribution in [0.25, 0.3) is 0 Å². The molecule has 1 heterocycles. The van der Waals surface area contributed by atoms with Gasteiger partial charge in [-0.3, -0.25) is 0 Å². The third-order valence-corrected chi connectivity index (χ3v) is 2.55. The Morgan fingerprint density at radius 2 is 2.05 bits per heavy atom. The fourth-order valence-corrected chi connectivity index (χ4v) is 1.57. The monoisotopic (exact) mass is 290 g/mol. The van der Waals surface area contributed by atoms with Gasteiger partial charge in [0, 0.05) is 24.7 Å². The lowest BCUT2D eigenvalue weighted by molar-refractivity contribution is 0.294. The molecule has 1 aromatic heterocycles. The Morgan fingerprint density at radius 3 is 2.80 bits per heavy atom. The van der Waals surface area contributed by atoms with Crippen LogP contribution in [-0.2, 0) is 6.61 Å². The molecule has 102 valence electrons. The summed E-state index contributed by atoms with van der Waals surface area (Å²) in [6, 6.07) is 5.93. The summed E-state index contributed by atoms with van der Waals surface area (Å²) in [5, 5.41) is 0. The molecule has 0 amide bonds. The third kappa shape index (κ3) is 4.22. The quantitative estimate of drug-likeness (QED) is 0.641. The molecule has 0 aliphatic heterocycles. The van der Waals surface area contributed by atoms with E-state index in [2.05, 4.69) is 21.8 Å². The van der Waals surface area contributed by atoms with E-state index in [-0.39, 0.29) is 12.4 Å². The molecule has 1 aromatic carbocycles. The SMILES string of the molecule is Fc1ccc(OCc2ncccn2)c(C#CCCCl)c1. The summed E-state index contributed by atoms with van der Waals surface area (Å²) >= 11 is 5.56. The van der Waals surface area contributed by atoms with Crippen molar-refractivity contribution < 1.29 is 9.13 Å². The fourth-order valence-electron chi connectivity index (χ4n) is 1.48. The molecule has 0 fully saturated rings. The largest absolute Gasteiger partial charge is 0.484 e. The predicted molar refractivity (Wildman–Crippen MR) is 75.0 cm³/mol. The van der Waals surface area contributed by atoms with Crippen LogP contribution in [0.5, 0.6) is 5.75 Å². The Kier molecular flexibility index (Phi) is 5.33.